The van der Waals surface area contributed by atoms with Crippen LogP contribution in [0, 0.1) is 0 Å². The molecule has 1 aromatic carbocycles. The molecule has 3 aromatic rings. The Hall–Kier alpha value is -3.21. The lowest BCUT2D eigenvalue weighted by Crippen LogP contribution is -2.61. The number of amides is 1. The summed E-state index contributed by atoms with van der Waals surface area (Å²) in [6.07, 6.45) is 7.43. The molecule has 0 spiro atoms. The number of halogens is 1. The standard InChI is InChI=1S/C25H30ClN7O3/c1-2-3-6-25(33-11-8-27-9-12-33,21-14-22(26)31-24(30-21)32-10-7-28-16-32)23(34)29-15-18-4-5-19-20(13-18)36-17-35-19/h4-5,7,10,13-14,16,27H,2-3,6,8-9,11-12,15,17H2,1H3,(H,29,34). The van der Waals surface area contributed by atoms with Crippen molar-refractivity contribution in [3.8, 4) is 17.4 Å². The van der Waals surface area contributed by atoms with Gasteiger partial charge in [-0.15, -0.1) is 0 Å². The van der Waals surface area contributed by atoms with Crippen LogP contribution in [0.4, 0.5) is 0 Å². The molecule has 4 heterocycles. The third-order valence-electron chi connectivity index (χ3n) is 6.66. The first kappa shape index (κ1) is 24.5. The van der Waals surface area contributed by atoms with Crippen LogP contribution in [0.3, 0.4) is 0 Å². The first-order chi connectivity index (χ1) is 17.6. The summed E-state index contributed by atoms with van der Waals surface area (Å²) >= 11 is 6.50. The van der Waals surface area contributed by atoms with Crippen molar-refractivity contribution in [1.29, 1.82) is 0 Å². The predicted octanol–water partition coefficient (Wildman–Crippen LogP) is 2.65. The van der Waals surface area contributed by atoms with E-state index in [4.69, 9.17) is 26.1 Å². The number of hydrogen-bond donors (Lipinski definition) is 2. The zero-order valence-electron chi connectivity index (χ0n) is 20.2. The Morgan fingerprint density at radius 2 is 2.03 bits per heavy atom. The van der Waals surface area contributed by atoms with Gasteiger partial charge in [0, 0.05) is 45.1 Å². The van der Waals surface area contributed by atoms with Crippen LogP contribution in [0.1, 0.15) is 37.4 Å². The number of nitrogens with one attached hydrogen (secondary N) is 2. The molecule has 0 saturated carbocycles. The van der Waals surface area contributed by atoms with Crippen LogP contribution in [0.25, 0.3) is 5.95 Å². The van der Waals surface area contributed by atoms with Crippen LogP contribution in [0.2, 0.25) is 5.15 Å². The molecule has 2 aromatic heterocycles. The maximum atomic E-state index is 14.2. The Balaban J connectivity index is 1.52. The summed E-state index contributed by atoms with van der Waals surface area (Å²) in [5, 5.41) is 6.86. The lowest BCUT2D eigenvalue weighted by atomic mass is 9.84. The number of nitrogens with zero attached hydrogens (tertiary/aromatic N) is 5. The minimum absolute atomic E-state index is 0.109. The molecule has 0 aliphatic carbocycles. The summed E-state index contributed by atoms with van der Waals surface area (Å²) in [6.45, 7) is 5.68. The molecule has 1 amide bonds. The average Bonchev–Trinajstić information content (AvgIpc) is 3.60. The Morgan fingerprint density at radius 3 is 2.81 bits per heavy atom. The first-order valence-corrected chi connectivity index (χ1v) is 12.6. The van der Waals surface area contributed by atoms with Gasteiger partial charge in [-0.1, -0.05) is 37.4 Å². The second-order valence-electron chi connectivity index (χ2n) is 8.92. The van der Waals surface area contributed by atoms with Gasteiger partial charge in [-0.05, 0) is 30.2 Å². The topological polar surface area (TPSA) is 106 Å². The maximum absolute atomic E-state index is 14.2. The third kappa shape index (κ3) is 4.88. The van der Waals surface area contributed by atoms with Crippen molar-refractivity contribution >= 4 is 17.5 Å². The van der Waals surface area contributed by atoms with Crippen molar-refractivity contribution in [3.63, 3.8) is 0 Å². The molecule has 36 heavy (non-hydrogen) atoms. The zero-order chi connectivity index (χ0) is 25.0. The van der Waals surface area contributed by atoms with Gasteiger partial charge in [0.2, 0.25) is 18.6 Å². The molecule has 1 fully saturated rings. The van der Waals surface area contributed by atoms with Crippen molar-refractivity contribution in [2.24, 2.45) is 0 Å². The van der Waals surface area contributed by atoms with E-state index in [0.29, 0.717) is 49.2 Å². The number of piperazine rings is 1. The molecule has 2 aliphatic heterocycles. The van der Waals surface area contributed by atoms with E-state index in [2.05, 4.69) is 32.4 Å². The van der Waals surface area contributed by atoms with E-state index in [9.17, 15) is 4.79 Å². The van der Waals surface area contributed by atoms with Gasteiger partial charge >= 0.3 is 0 Å². The molecule has 0 bridgehead atoms. The second kappa shape index (κ2) is 10.8. The smallest absolute Gasteiger partial charge is 0.247 e. The number of hydrogen-bond acceptors (Lipinski definition) is 8. The highest BCUT2D eigenvalue weighted by atomic mass is 35.5. The highest BCUT2D eigenvalue weighted by Crippen LogP contribution is 2.36. The number of ether oxygens (including phenoxy) is 2. The zero-order valence-corrected chi connectivity index (χ0v) is 21.0. The van der Waals surface area contributed by atoms with Crippen molar-refractivity contribution in [3.05, 3.63) is 59.4 Å². The van der Waals surface area contributed by atoms with Crippen LogP contribution >= 0.6 is 11.6 Å². The molecular weight excluding hydrogens is 482 g/mol. The van der Waals surface area contributed by atoms with E-state index in [1.54, 1.807) is 29.4 Å². The molecule has 2 N–H and O–H groups in total. The fraction of sp³-hybridized carbons (Fsp3) is 0.440. The van der Waals surface area contributed by atoms with Gasteiger partial charge in [0.15, 0.2) is 11.5 Å². The maximum Gasteiger partial charge on any atom is 0.247 e. The Morgan fingerprint density at radius 1 is 1.19 bits per heavy atom. The van der Waals surface area contributed by atoms with Crippen LogP contribution in [-0.4, -0.2) is 63.3 Å². The second-order valence-corrected chi connectivity index (χ2v) is 9.30. The minimum Gasteiger partial charge on any atom is -0.454 e. The number of unbranched alkanes of at least 4 members (excludes halogenated alkanes) is 1. The molecule has 10 nitrogen and oxygen atoms in total. The lowest BCUT2D eigenvalue weighted by Gasteiger charge is -2.44. The van der Waals surface area contributed by atoms with E-state index in [1.807, 2.05) is 18.2 Å². The van der Waals surface area contributed by atoms with E-state index >= 15 is 0 Å². The van der Waals surface area contributed by atoms with E-state index in [-0.39, 0.29) is 17.9 Å². The van der Waals surface area contributed by atoms with Crippen LogP contribution in [0.15, 0.2) is 43.0 Å². The van der Waals surface area contributed by atoms with Crippen molar-refractivity contribution in [1.82, 2.24) is 35.1 Å². The van der Waals surface area contributed by atoms with Gasteiger partial charge < -0.3 is 20.1 Å². The number of carbonyl (C=O) groups excluding carboxylic acids is 1. The summed E-state index contributed by atoms with van der Waals surface area (Å²) in [6, 6.07) is 7.43. The normalized spacial score (nSPS) is 17.1. The molecular formula is C25H30ClN7O3. The summed E-state index contributed by atoms with van der Waals surface area (Å²) in [5.41, 5.74) is 0.512. The molecule has 1 atom stereocenters. The van der Waals surface area contributed by atoms with Crippen molar-refractivity contribution in [2.75, 3.05) is 33.0 Å². The highest BCUT2D eigenvalue weighted by Gasteiger charge is 2.47. The van der Waals surface area contributed by atoms with Crippen LogP contribution < -0.4 is 20.1 Å². The Kier molecular flexibility index (Phi) is 7.35. The molecule has 1 unspecified atom stereocenters. The number of imidazole rings is 1. The van der Waals surface area contributed by atoms with E-state index in [1.165, 1.54) is 0 Å². The third-order valence-corrected chi connectivity index (χ3v) is 6.85. The number of rotatable bonds is 9. The van der Waals surface area contributed by atoms with Gasteiger partial charge in [-0.25, -0.2) is 15.0 Å². The Bertz CT molecular complexity index is 1200. The fourth-order valence-electron chi connectivity index (χ4n) is 4.79. The molecule has 190 valence electrons. The average molecular weight is 512 g/mol. The van der Waals surface area contributed by atoms with Gasteiger partial charge in [-0.3, -0.25) is 14.3 Å². The number of benzene rings is 1. The molecule has 0 radical (unpaired) electrons. The molecule has 2 aliphatic rings. The lowest BCUT2D eigenvalue weighted by molar-refractivity contribution is -0.136. The summed E-state index contributed by atoms with van der Waals surface area (Å²) in [7, 11) is 0. The summed E-state index contributed by atoms with van der Waals surface area (Å²) in [5.74, 6) is 1.68. The monoisotopic (exact) mass is 511 g/mol. The summed E-state index contributed by atoms with van der Waals surface area (Å²) < 4.78 is 12.6. The van der Waals surface area contributed by atoms with E-state index < -0.39 is 5.54 Å². The quantitative estimate of drug-likeness (QED) is 0.422. The molecule has 1 saturated heterocycles. The predicted molar refractivity (Wildman–Crippen MR) is 134 cm³/mol. The Labute approximate surface area is 215 Å². The minimum atomic E-state index is -1.00. The van der Waals surface area contributed by atoms with Gasteiger partial charge in [-0.2, -0.15) is 0 Å². The largest absolute Gasteiger partial charge is 0.454 e. The SMILES string of the molecule is CCCCC(C(=O)NCc1ccc2c(c1)OCO2)(c1cc(Cl)nc(-n2ccnc2)n1)N1CCNCC1. The van der Waals surface area contributed by atoms with Crippen molar-refractivity contribution in [2.45, 2.75) is 38.3 Å². The van der Waals surface area contributed by atoms with E-state index in [0.717, 1.165) is 31.5 Å². The van der Waals surface area contributed by atoms with Gasteiger partial charge in [0.25, 0.3) is 0 Å². The van der Waals surface area contributed by atoms with Crippen molar-refractivity contribution < 1.29 is 14.3 Å². The summed E-state index contributed by atoms with van der Waals surface area (Å²) in [4.78, 5) is 29.8. The number of carbonyl (C=O) groups is 1. The van der Waals surface area contributed by atoms with Crippen LogP contribution in [-0.2, 0) is 16.9 Å². The van der Waals surface area contributed by atoms with Crippen LogP contribution in [0.5, 0.6) is 11.5 Å². The van der Waals surface area contributed by atoms with Gasteiger partial charge in [0.1, 0.15) is 17.0 Å². The highest BCUT2D eigenvalue weighted by molar-refractivity contribution is 6.29. The number of aromatic nitrogens is 4. The first-order valence-electron chi connectivity index (χ1n) is 12.3. The number of fused-ring (bicyclic) bond motifs is 1. The molecule has 5 rings (SSSR count). The van der Waals surface area contributed by atoms with Gasteiger partial charge in [0.05, 0.1) is 5.69 Å². The molecule has 11 heteroatoms. The fourth-order valence-corrected chi connectivity index (χ4v) is 4.97.